The van der Waals surface area contributed by atoms with Crippen molar-refractivity contribution in [2.75, 3.05) is 0 Å². The fourth-order valence-electron chi connectivity index (χ4n) is 2.03. The van der Waals surface area contributed by atoms with Crippen LogP contribution in [0.15, 0.2) is 18.2 Å². The van der Waals surface area contributed by atoms with E-state index in [1.165, 1.54) is 6.07 Å². The molecule has 2 atom stereocenters. The normalized spacial score (nSPS) is 23.9. The molecule has 0 N–H and O–H groups in total. The Balaban J connectivity index is 2.06. The zero-order chi connectivity index (χ0) is 12.4. The number of benzene rings is 1. The largest absolute Gasteiger partial charge is 0.367 e. The molecule has 0 bridgehead atoms. The lowest BCUT2D eigenvalue weighted by atomic mass is 10.0. The van der Waals surface area contributed by atoms with Crippen molar-refractivity contribution in [2.45, 2.75) is 38.4 Å². The minimum atomic E-state index is -0.506. The monoisotopic (exact) mass is 256 g/mol. The number of hydrogen-bond acceptors (Lipinski definition) is 2. The van der Waals surface area contributed by atoms with Crippen molar-refractivity contribution in [1.82, 2.24) is 0 Å². The van der Waals surface area contributed by atoms with Gasteiger partial charge in [-0.05, 0) is 31.4 Å². The second-order valence-electron chi connectivity index (χ2n) is 4.37. The highest BCUT2D eigenvalue weighted by molar-refractivity contribution is 6.30. The van der Waals surface area contributed by atoms with Gasteiger partial charge in [0, 0.05) is 6.42 Å². The Kier molecular flexibility index (Phi) is 3.79. The maximum absolute atomic E-state index is 13.6. The summed E-state index contributed by atoms with van der Waals surface area (Å²) in [6, 6.07) is 4.70. The lowest BCUT2D eigenvalue weighted by Gasteiger charge is -2.10. The van der Waals surface area contributed by atoms with E-state index in [0.29, 0.717) is 5.56 Å². The van der Waals surface area contributed by atoms with Crippen molar-refractivity contribution in [3.8, 4) is 0 Å². The SMILES string of the molecule is CC1CCC(C(=O)Cc2cccc(Cl)c2F)O1. The van der Waals surface area contributed by atoms with E-state index >= 15 is 0 Å². The molecule has 0 spiro atoms. The van der Waals surface area contributed by atoms with Gasteiger partial charge in [0.15, 0.2) is 5.78 Å². The molecule has 1 fully saturated rings. The summed E-state index contributed by atoms with van der Waals surface area (Å²) in [4.78, 5) is 11.9. The van der Waals surface area contributed by atoms with Crippen LogP contribution in [0, 0.1) is 5.82 Å². The minimum absolute atomic E-state index is 0.0454. The summed E-state index contributed by atoms with van der Waals surface area (Å²) in [5.41, 5.74) is 0.339. The van der Waals surface area contributed by atoms with Crippen molar-refractivity contribution in [1.29, 1.82) is 0 Å². The second-order valence-corrected chi connectivity index (χ2v) is 4.78. The van der Waals surface area contributed by atoms with Gasteiger partial charge >= 0.3 is 0 Å². The van der Waals surface area contributed by atoms with Crippen LogP contribution in [0.2, 0.25) is 5.02 Å². The first kappa shape index (κ1) is 12.5. The molecule has 0 radical (unpaired) electrons. The van der Waals surface area contributed by atoms with Crippen molar-refractivity contribution in [2.24, 2.45) is 0 Å². The topological polar surface area (TPSA) is 26.3 Å². The van der Waals surface area contributed by atoms with Gasteiger partial charge in [-0.1, -0.05) is 23.7 Å². The molecule has 0 aromatic heterocycles. The van der Waals surface area contributed by atoms with Gasteiger partial charge in [0.05, 0.1) is 11.1 Å². The highest BCUT2D eigenvalue weighted by Gasteiger charge is 2.28. The van der Waals surface area contributed by atoms with E-state index in [1.807, 2.05) is 6.92 Å². The predicted molar refractivity (Wildman–Crippen MR) is 63.7 cm³/mol. The number of Topliss-reactive ketones (excluding diaryl/α,β-unsaturated/α-hetero) is 1. The lowest BCUT2D eigenvalue weighted by molar-refractivity contribution is -0.128. The molecule has 1 aliphatic heterocycles. The fraction of sp³-hybridized carbons (Fsp3) is 0.462. The molecule has 4 heteroatoms. The Hall–Kier alpha value is -0.930. The van der Waals surface area contributed by atoms with Gasteiger partial charge in [-0.25, -0.2) is 4.39 Å². The molecule has 1 saturated heterocycles. The van der Waals surface area contributed by atoms with E-state index in [0.717, 1.165) is 12.8 Å². The van der Waals surface area contributed by atoms with Crippen LogP contribution < -0.4 is 0 Å². The minimum Gasteiger partial charge on any atom is -0.367 e. The maximum atomic E-state index is 13.6. The Labute approximate surface area is 105 Å². The maximum Gasteiger partial charge on any atom is 0.166 e. The van der Waals surface area contributed by atoms with Gasteiger partial charge in [0.1, 0.15) is 11.9 Å². The third kappa shape index (κ3) is 2.85. The average Bonchev–Trinajstić information content (AvgIpc) is 2.72. The van der Waals surface area contributed by atoms with Crippen LogP contribution >= 0.6 is 11.6 Å². The van der Waals surface area contributed by atoms with E-state index in [-0.39, 0.29) is 29.4 Å². The molecular weight excluding hydrogens is 243 g/mol. The summed E-state index contributed by atoms with van der Waals surface area (Å²) in [5.74, 6) is -0.580. The number of ether oxygens (including phenoxy) is 1. The smallest absolute Gasteiger partial charge is 0.166 e. The number of hydrogen-bond donors (Lipinski definition) is 0. The molecule has 1 heterocycles. The molecule has 0 aliphatic carbocycles. The van der Waals surface area contributed by atoms with E-state index in [1.54, 1.807) is 12.1 Å². The van der Waals surface area contributed by atoms with Gasteiger partial charge in [-0.15, -0.1) is 0 Å². The molecule has 2 nitrogen and oxygen atoms in total. The fourth-order valence-corrected chi connectivity index (χ4v) is 2.22. The Bertz CT molecular complexity index is 433. The quantitative estimate of drug-likeness (QED) is 0.830. The third-order valence-electron chi connectivity index (χ3n) is 2.99. The summed E-state index contributed by atoms with van der Waals surface area (Å²) >= 11 is 5.66. The molecule has 1 aromatic rings. The van der Waals surface area contributed by atoms with Gasteiger partial charge in [-0.2, -0.15) is 0 Å². The van der Waals surface area contributed by atoms with E-state index in [9.17, 15) is 9.18 Å². The summed E-state index contributed by atoms with van der Waals surface area (Å²) in [6.07, 6.45) is 1.39. The Morgan fingerprint density at radius 1 is 1.53 bits per heavy atom. The van der Waals surface area contributed by atoms with Crippen molar-refractivity contribution >= 4 is 17.4 Å². The molecular formula is C13H14ClFO2. The van der Waals surface area contributed by atoms with Crippen LogP contribution in [-0.4, -0.2) is 18.0 Å². The zero-order valence-electron chi connectivity index (χ0n) is 9.58. The molecule has 2 unspecified atom stereocenters. The number of ketones is 1. The summed E-state index contributed by atoms with van der Waals surface area (Å²) in [7, 11) is 0. The zero-order valence-corrected chi connectivity index (χ0v) is 10.3. The second kappa shape index (κ2) is 5.15. The molecule has 0 amide bonds. The molecule has 0 saturated carbocycles. The molecule has 1 aliphatic rings. The standard InChI is InChI=1S/C13H14ClFO2/c1-8-5-6-12(17-8)11(16)7-9-3-2-4-10(14)13(9)15/h2-4,8,12H,5-7H2,1H3. The number of halogens is 2. The molecule has 2 rings (SSSR count). The van der Waals surface area contributed by atoms with Gasteiger partial charge < -0.3 is 4.74 Å². The van der Waals surface area contributed by atoms with Gasteiger partial charge in [0.2, 0.25) is 0 Å². The highest BCUT2D eigenvalue weighted by Crippen LogP contribution is 2.23. The van der Waals surface area contributed by atoms with E-state index in [2.05, 4.69) is 0 Å². The van der Waals surface area contributed by atoms with Crippen LogP contribution in [0.1, 0.15) is 25.3 Å². The van der Waals surface area contributed by atoms with Gasteiger partial charge in [-0.3, -0.25) is 4.79 Å². The van der Waals surface area contributed by atoms with Gasteiger partial charge in [0.25, 0.3) is 0 Å². The van der Waals surface area contributed by atoms with Crippen molar-refractivity contribution in [3.05, 3.63) is 34.6 Å². The number of rotatable bonds is 3. The van der Waals surface area contributed by atoms with Crippen LogP contribution in [0.25, 0.3) is 0 Å². The van der Waals surface area contributed by atoms with Crippen LogP contribution in [0.5, 0.6) is 0 Å². The van der Waals surface area contributed by atoms with Crippen molar-refractivity contribution < 1.29 is 13.9 Å². The molecule has 92 valence electrons. The van der Waals surface area contributed by atoms with E-state index < -0.39 is 5.82 Å². The third-order valence-corrected chi connectivity index (χ3v) is 3.28. The first-order valence-electron chi connectivity index (χ1n) is 5.69. The molecule has 17 heavy (non-hydrogen) atoms. The predicted octanol–water partition coefficient (Wildman–Crippen LogP) is 3.16. The Morgan fingerprint density at radius 2 is 2.29 bits per heavy atom. The number of carbonyl (C=O) groups is 1. The first-order chi connectivity index (χ1) is 8.08. The Morgan fingerprint density at radius 3 is 2.94 bits per heavy atom. The lowest BCUT2D eigenvalue weighted by Crippen LogP contribution is -2.23. The number of carbonyl (C=O) groups excluding carboxylic acids is 1. The molecule has 1 aromatic carbocycles. The summed E-state index contributed by atoms with van der Waals surface area (Å²) in [5, 5.41) is 0.0519. The van der Waals surface area contributed by atoms with Crippen LogP contribution in [0.3, 0.4) is 0 Å². The summed E-state index contributed by atoms with van der Waals surface area (Å²) < 4.78 is 19.1. The van der Waals surface area contributed by atoms with Crippen molar-refractivity contribution in [3.63, 3.8) is 0 Å². The van der Waals surface area contributed by atoms with E-state index in [4.69, 9.17) is 16.3 Å². The average molecular weight is 257 g/mol. The van der Waals surface area contributed by atoms with Crippen LogP contribution in [0.4, 0.5) is 4.39 Å². The first-order valence-corrected chi connectivity index (χ1v) is 6.07. The summed E-state index contributed by atoms with van der Waals surface area (Å²) in [6.45, 7) is 1.94. The van der Waals surface area contributed by atoms with Crippen LogP contribution in [-0.2, 0) is 16.0 Å². The highest BCUT2D eigenvalue weighted by atomic mass is 35.5.